The van der Waals surface area contributed by atoms with Crippen LogP contribution in [0.2, 0.25) is 0 Å². The van der Waals surface area contributed by atoms with Gasteiger partial charge in [-0.3, -0.25) is 14.5 Å². The molecule has 0 aromatic heterocycles. The minimum atomic E-state index is -1.01. The van der Waals surface area contributed by atoms with Gasteiger partial charge in [-0.2, -0.15) is 0 Å². The number of benzene rings is 2. The van der Waals surface area contributed by atoms with E-state index in [4.69, 9.17) is 18.9 Å². The van der Waals surface area contributed by atoms with E-state index in [0.717, 1.165) is 0 Å². The van der Waals surface area contributed by atoms with Crippen molar-refractivity contribution in [2.24, 2.45) is 0 Å². The van der Waals surface area contributed by atoms with E-state index in [2.05, 4.69) is 5.32 Å². The second kappa shape index (κ2) is 8.17. The normalized spacial score (nSPS) is 19.6. The summed E-state index contributed by atoms with van der Waals surface area (Å²) in [6, 6.07) is 9.37. The third-order valence-electron chi connectivity index (χ3n) is 5.43. The number of fused-ring (bicyclic) bond motifs is 1. The smallest absolute Gasteiger partial charge is 0.344 e. The van der Waals surface area contributed by atoms with Crippen LogP contribution in [0.5, 0.6) is 17.2 Å². The molecule has 1 fully saturated rings. The lowest BCUT2D eigenvalue weighted by Crippen LogP contribution is -2.43. The number of rotatable bonds is 6. The minimum absolute atomic E-state index is 0.178. The molecule has 0 bridgehead atoms. The quantitative estimate of drug-likeness (QED) is 0.708. The summed E-state index contributed by atoms with van der Waals surface area (Å²) < 4.78 is 21.2. The van der Waals surface area contributed by atoms with Gasteiger partial charge in [-0.1, -0.05) is 0 Å². The Labute approximate surface area is 178 Å². The van der Waals surface area contributed by atoms with Gasteiger partial charge in [0.2, 0.25) is 18.0 Å². The van der Waals surface area contributed by atoms with E-state index in [0.29, 0.717) is 29.2 Å². The second-order valence-corrected chi connectivity index (χ2v) is 7.10. The van der Waals surface area contributed by atoms with Gasteiger partial charge in [-0.25, -0.2) is 4.79 Å². The maximum Gasteiger partial charge on any atom is 0.344 e. The largest absolute Gasteiger partial charge is 0.497 e. The SMILES string of the molecule is COc1ccc(NC(=O)[C@@H]2CCC(=O)N2C2OC(=O)c3c2ccc(OC)c3OC)cc1. The zero-order chi connectivity index (χ0) is 22.1. The van der Waals surface area contributed by atoms with Gasteiger partial charge >= 0.3 is 5.97 Å². The zero-order valence-corrected chi connectivity index (χ0v) is 17.3. The van der Waals surface area contributed by atoms with Crippen molar-refractivity contribution in [3.05, 3.63) is 47.5 Å². The van der Waals surface area contributed by atoms with Crippen LogP contribution in [0.15, 0.2) is 36.4 Å². The van der Waals surface area contributed by atoms with Crippen LogP contribution >= 0.6 is 0 Å². The fraction of sp³-hybridized carbons (Fsp3) is 0.318. The molecular formula is C22H22N2O7. The molecule has 0 spiro atoms. The summed E-state index contributed by atoms with van der Waals surface area (Å²) in [7, 11) is 4.44. The van der Waals surface area contributed by atoms with E-state index in [1.807, 2.05) is 0 Å². The Morgan fingerprint density at radius 2 is 1.77 bits per heavy atom. The average molecular weight is 426 g/mol. The third-order valence-corrected chi connectivity index (χ3v) is 5.43. The predicted octanol–water partition coefficient (Wildman–Crippen LogP) is 2.51. The first-order valence-electron chi connectivity index (χ1n) is 9.70. The van der Waals surface area contributed by atoms with Gasteiger partial charge < -0.3 is 24.3 Å². The highest BCUT2D eigenvalue weighted by molar-refractivity contribution is 6.01. The van der Waals surface area contributed by atoms with Gasteiger partial charge in [0, 0.05) is 17.7 Å². The number of methoxy groups -OCH3 is 3. The number of nitrogens with zero attached hydrogens (tertiary/aromatic N) is 1. The summed E-state index contributed by atoms with van der Waals surface area (Å²) in [4.78, 5) is 39.6. The fourth-order valence-corrected chi connectivity index (χ4v) is 3.94. The van der Waals surface area contributed by atoms with Gasteiger partial charge in [0.05, 0.1) is 21.3 Å². The minimum Gasteiger partial charge on any atom is -0.497 e. The van der Waals surface area contributed by atoms with Crippen molar-refractivity contribution in [1.82, 2.24) is 4.90 Å². The van der Waals surface area contributed by atoms with E-state index in [1.54, 1.807) is 43.5 Å². The first-order chi connectivity index (χ1) is 15.0. The summed E-state index contributed by atoms with van der Waals surface area (Å²) in [5.74, 6) is 0.00867. The van der Waals surface area contributed by atoms with Crippen molar-refractivity contribution in [2.75, 3.05) is 26.6 Å². The molecule has 2 aromatic carbocycles. The second-order valence-electron chi connectivity index (χ2n) is 7.10. The maximum atomic E-state index is 13.0. The van der Waals surface area contributed by atoms with Crippen molar-refractivity contribution in [3.63, 3.8) is 0 Å². The summed E-state index contributed by atoms with van der Waals surface area (Å²) in [6.07, 6.45) is -0.515. The molecule has 2 aliphatic rings. The van der Waals surface area contributed by atoms with Gasteiger partial charge in [0.1, 0.15) is 17.4 Å². The number of hydrogen-bond acceptors (Lipinski definition) is 7. The lowest BCUT2D eigenvalue weighted by atomic mass is 10.1. The van der Waals surface area contributed by atoms with E-state index < -0.39 is 18.2 Å². The number of carbonyl (C=O) groups is 3. The van der Waals surface area contributed by atoms with Crippen LogP contribution < -0.4 is 19.5 Å². The van der Waals surface area contributed by atoms with E-state index in [1.165, 1.54) is 19.1 Å². The van der Waals surface area contributed by atoms with Crippen LogP contribution in [0.25, 0.3) is 0 Å². The number of likely N-dealkylation sites (tertiary alicyclic amines) is 1. The van der Waals surface area contributed by atoms with E-state index in [-0.39, 0.29) is 29.5 Å². The first-order valence-corrected chi connectivity index (χ1v) is 9.70. The Bertz CT molecular complexity index is 1030. The van der Waals surface area contributed by atoms with Crippen molar-refractivity contribution in [1.29, 1.82) is 0 Å². The average Bonchev–Trinajstić information content (AvgIpc) is 3.33. The number of hydrogen-bond donors (Lipinski definition) is 1. The molecule has 1 unspecified atom stereocenters. The molecule has 0 radical (unpaired) electrons. The van der Waals surface area contributed by atoms with Gasteiger partial charge in [0.15, 0.2) is 11.5 Å². The van der Waals surface area contributed by atoms with Crippen LogP contribution in [-0.4, -0.2) is 50.1 Å². The molecule has 2 atom stereocenters. The molecule has 2 aromatic rings. The summed E-state index contributed by atoms with van der Waals surface area (Å²) in [6.45, 7) is 0. The van der Waals surface area contributed by atoms with E-state index in [9.17, 15) is 14.4 Å². The predicted molar refractivity (Wildman–Crippen MR) is 109 cm³/mol. The molecule has 0 saturated carbocycles. The highest BCUT2D eigenvalue weighted by atomic mass is 16.6. The molecule has 2 heterocycles. The summed E-state index contributed by atoms with van der Waals surface area (Å²) in [5.41, 5.74) is 1.22. The third kappa shape index (κ3) is 3.52. The Morgan fingerprint density at radius 3 is 2.42 bits per heavy atom. The highest BCUT2D eigenvalue weighted by Gasteiger charge is 2.47. The van der Waals surface area contributed by atoms with Crippen molar-refractivity contribution in [2.45, 2.75) is 25.1 Å². The number of carbonyl (C=O) groups excluding carboxylic acids is 3. The van der Waals surface area contributed by atoms with Crippen molar-refractivity contribution < 1.29 is 33.3 Å². The van der Waals surface area contributed by atoms with Gasteiger partial charge in [-0.05, 0) is 42.8 Å². The zero-order valence-electron chi connectivity index (χ0n) is 17.3. The Kier molecular flexibility index (Phi) is 5.41. The van der Waals surface area contributed by atoms with Crippen molar-refractivity contribution in [3.8, 4) is 17.2 Å². The van der Waals surface area contributed by atoms with Crippen LogP contribution in [0.3, 0.4) is 0 Å². The number of anilines is 1. The Hall–Kier alpha value is -3.75. The van der Waals surface area contributed by atoms with Crippen LogP contribution in [0, 0.1) is 0 Å². The monoisotopic (exact) mass is 426 g/mol. The van der Waals surface area contributed by atoms with Gasteiger partial charge in [-0.15, -0.1) is 0 Å². The maximum absolute atomic E-state index is 13.0. The Morgan fingerprint density at radius 1 is 1.03 bits per heavy atom. The molecule has 2 aliphatic heterocycles. The first kappa shape index (κ1) is 20.5. The van der Waals surface area contributed by atoms with Crippen LogP contribution in [0.1, 0.15) is 35.0 Å². The molecule has 162 valence electrons. The molecule has 31 heavy (non-hydrogen) atoms. The standard InChI is InChI=1S/C22H22N2O7/c1-28-13-6-4-12(5-7-13)23-20(26)15-9-11-17(25)24(15)21-14-8-10-16(29-2)19(30-3)18(14)22(27)31-21/h4-8,10,15,21H,9,11H2,1-3H3,(H,23,26)/t15-,21?/m0/s1. The molecule has 4 rings (SSSR count). The number of amides is 2. The Balaban J connectivity index is 1.62. The fourth-order valence-electron chi connectivity index (χ4n) is 3.94. The van der Waals surface area contributed by atoms with Crippen LogP contribution in [0.4, 0.5) is 5.69 Å². The van der Waals surface area contributed by atoms with Gasteiger partial charge in [0.25, 0.3) is 0 Å². The van der Waals surface area contributed by atoms with Crippen molar-refractivity contribution >= 4 is 23.5 Å². The molecule has 0 aliphatic carbocycles. The molecule has 1 N–H and O–H groups in total. The molecule has 1 saturated heterocycles. The van der Waals surface area contributed by atoms with Crippen LogP contribution in [-0.2, 0) is 14.3 Å². The molecule has 9 nitrogen and oxygen atoms in total. The number of ether oxygens (including phenoxy) is 4. The van der Waals surface area contributed by atoms with E-state index >= 15 is 0 Å². The lowest BCUT2D eigenvalue weighted by molar-refractivity contribution is -0.144. The highest BCUT2D eigenvalue weighted by Crippen LogP contribution is 2.45. The number of esters is 1. The lowest BCUT2D eigenvalue weighted by Gasteiger charge is -2.29. The molecule has 2 amide bonds. The number of nitrogens with one attached hydrogen (secondary N) is 1. The number of cyclic esters (lactones) is 1. The molecule has 9 heteroatoms. The summed E-state index contributed by atoms with van der Waals surface area (Å²) in [5, 5.41) is 2.81. The topological polar surface area (TPSA) is 103 Å². The summed E-state index contributed by atoms with van der Waals surface area (Å²) >= 11 is 0. The molecular weight excluding hydrogens is 404 g/mol.